The van der Waals surface area contributed by atoms with E-state index in [1.165, 1.54) is 12.8 Å². The number of rotatable bonds is 1. The third-order valence-corrected chi connectivity index (χ3v) is 4.98. The van der Waals surface area contributed by atoms with E-state index >= 15 is 0 Å². The summed E-state index contributed by atoms with van der Waals surface area (Å²) in [6.07, 6.45) is 6.66. The molecule has 3 rings (SSSR count). The molecule has 0 aromatic heterocycles. The van der Waals surface area contributed by atoms with Gasteiger partial charge in [0.1, 0.15) is 0 Å². The van der Waals surface area contributed by atoms with Gasteiger partial charge in [0.2, 0.25) is 5.91 Å². The Morgan fingerprint density at radius 2 is 1.94 bits per heavy atom. The maximum absolute atomic E-state index is 12.5. The number of nitrogens with zero attached hydrogens (tertiary/aromatic N) is 2. The van der Waals surface area contributed by atoms with Crippen molar-refractivity contribution in [2.24, 2.45) is 0 Å². The van der Waals surface area contributed by atoms with Gasteiger partial charge in [-0.2, -0.15) is 0 Å². The van der Waals surface area contributed by atoms with Crippen LogP contribution in [0.25, 0.3) is 0 Å². The molecular formula is C14H24N2O2. The predicted octanol–water partition coefficient (Wildman–Crippen LogP) is 1.25. The second-order valence-electron chi connectivity index (χ2n) is 6.10. The molecule has 3 heterocycles. The number of piperidine rings is 1. The maximum Gasteiger partial charge on any atom is 0.239 e. The van der Waals surface area contributed by atoms with Gasteiger partial charge in [-0.15, -0.1) is 0 Å². The van der Waals surface area contributed by atoms with Crippen molar-refractivity contribution in [1.82, 2.24) is 9.80 Å². The first kappa shape index (κ1) is 12.4. The number of carbonyl (C=O) groups excluding carboxylic acids is 1. The third kappa shape index (κ3) is 2.16. The molecular weight excluding hydrogens is 228 g/mol. The molecule has 3 aliphatic heterocycles. The fourth-order valence-corrected chi connectivity index (χ4v) is 3.72. The second kappa shape index (κ2) is 4.82. The van der Waals surface area contributed by atoms with E-state index in [4.69, 9.17) is 4.74 Å². The van der Waals surface area contributed by atoms with Gasteiger partial charge >= 0.3 is 0 Å². The Labute approximate surface area is 109 Å². The SMILES string of the molecule is CN1CCC[C@H]1C(=O)N1CCC2(CCCO2)CC1. The third-order valence-electron chi connectivity index (χ3n) is 4.98. The van der Waals surface area contributed by atoms with Gasteiger partial charge in [0.05, 0.1) is 11.6 Å². The van der Waals surface area contributed by atoms with Crippen molar-refractivity contribution in [3.8, 4) is 0 Å². The van der Waals surface area contributed by atoms with Crippen LogP contribution in [0.4, 0.5) is 0 Å². The summed E-state index contributed by atoms with van der Waals surface area (Å²) in [5, 5.41) is 0. The lowest BCUT2D eigenvalue weighted by atomic mass is 9.88. The van der Waals surface area contributed by atoms with E-state index in [-0.39, 0.29) is 11.6 Å². The van der Waals surface area contributed by atoms with Crippen molar-refractivity contribution in [3.63, 3.8) is 0 Å². The van der Waals surface area contributed by atoms with Crippen LogP contribution < -0.4 is 0 Å². The molecule has 1 atom stereocenters. The molecule has 3 saturated heterocycles. The minimum Gasteiger partial charge on any atom is -0.375 e. The molecule has 0 aromatic carbocycles. The molecule has 0 bridgehead atoms. The molecule has 4 heteroatoms. The van der Waals surface area contributed by atoms with E-state index < -0.39 is 0 Å². The van der Waals surface area contributed by atoms with Crippen LogP contribution in [0.5, 0.6) is 0 Å². The summed E-state index contributed by atoms with van der Waals surface area (Å²) in [6.45, 7) is 3.77. The Morgan fingerprint density at radius 3 is 2.50 bits per heavy atom. The highest BCUT2D eigenvalue weighted by Gasteiger charge is 2.41. The number of hydrogen-bond donors (Lipinski definition) is 0. The standard InChI is InChI=1S/C14H24N2O2/c1-15-8-2-4-12(15)13(17)16-9-6-14(7-10-16)5-3-11-18-14/h12H,2-11H2,1H3/t12-/m0/s1. The smallest absolute Gasteiger partial charge is 0.239 e. The molecule has 1 amide bonds. The lowest BCUT2D eigenvalue weighted by Crippen LogP contribution is -2.51. The minimum atomic E-state index is 0.123. The molecule has 102 valence electrons. The van der Waals surface area contributed by atoms with E-state index in [1.807, 2.05) is 0 Å². The summed E-state index contributed by atoms with van der Waals surface area (Å²) in [7, 11) is 2.07. The second-order valence-corrected chi connectivity index (χ2v) is 6.10. The Hall–Kier alpha value is -0.610. The quantitative estimate of drug-likeness (QED) is 0.704. The van der Waals surface area contributed by atoms with E-state index in [9.17, 15) is 4.79 Å². The summed E-state index contributed by atoms with van der Waals surface area (Å²) >= 11 is 0. The number of likely N-dealkylation sites (tertiary alicyclic amines) is 2. The summed E-state index contributed by atoms with van der Waals surface area (Å²) in [5.74, 6) is 0.350. The largest absolute Gasteiger partial charge is 0.375 e. The van der Waals surface area contributed by atoms with Gasteiger partial charge in [0, 0.05) is 19.7 Å². The Balaban J connectivity index is 1.57. The fraction of sp³-hybridized carbons (Fsp3) is 0.929. The van der Waals surface area contributed by atoms with Crippen LogP contribution in [0.2, 0.25) is 0 Å². The predicted molar refractivity (Wildman–Crippen MR) is 69.4 cm³/mol. The number of amides is 1. The minimum absolute atomic E-state index is 0.123. The van der Waals surface area contributed by atoms with Crippen molar-refractivity contribution in [2.75, 3.05) is 33.3 Å². The van der Waals surface area contributed by atoms with Gasteiger partial charge in [-0.25, -0.2) is 0 Å². The molecule has 0 aliphatic carbocycles. The van der Waals surface area contributed by atoms with Crippen LogP contribution in [0.1, 0.15) is 38.5 Å². The lowest BCUT2D eigenvalue weighted by Gasteiger charge is -2.40. The highest BCUT2D eigenvalue weighted by Crippen LogP contribution is 2.36. The molecule has 4 nitrogen and oxygen atoms in total. The molecule has 0 unspecified atom stereocenters. The number of ether oxygens (including phenoxy) is 1. The Kier molecular flexibility index (Phi) is 3.32. The zero-order valence-electron chi connectivity index (χ0n) is 11.4. The molecule has 0 aromatic rings. The van der Waals surface area contributed by atoms with Gasteiger partial charge in [-0.05, 0) is 52.1 Å². The first-order valence-corrected chi connectivity index (χ1v) is 7.33. The lowest BCUT2D eigenvalue weighted by molar-refractivity contribution is -0.140. The zero-order chi connectivity index (χ0) is 12.6. The highest BCUT2D eigenvalue weighted by molar-refractivity contribution is 5.82. The van der Waals surface area contributed by atoms with Crippen LogP contribution in [-0.4, -0.2) is 60.6 Å². The number of hydrogen-bond acceptors (Lipinski definition) is 3. The van der Waals surface area contributed by atoms with Crippen molar-refractivity contribution < 1.29 is 9.53 Å². The summed E-state index contributed by atoms with van der Waals surface area (Å²) in [6, 6.07) is 0.142. The molecule has 0 radical (unpaired) electrons. The van der Waals surface area contributed by atoms with Crippen molar-refractivity contribution in [3.05, 3.63) is 0 Å². The van der Waals surface area contributed by atoms with E-state index in [2.05, 4.69) is 16.8 Å². The highest BCUT2D eigenvalue weighted by atomic mass is 16.5. The molecule has 18 heavy (non-hydrogen) atoms. The van der Waals surface area contributed by atoms with Crippen LogP contribution in [0.3, 0.4) is 0 Å². The van der Waals surface area contributed by atoms with Gasteiger partial charge in [0.15, 0.2) is 0 Å². The van der Waals surface area contributed by atoms with Crippen LogP contribution in [0, 0.1) is 0 Å². The summed E-state index contributed by atoms with van der Waals surface area (Å²) in [4.78, 5) is 16.7. The summed E-state index contributed by atoms with van der Waals surface area (Å²) < 4.78 is 5.91. The molecule has 3 fully saturated rings. The van der Waals surface area contributed by atoms with E-state index in [1.54, 1.807) is 0 Å². The Morgan fingerprint density at radius 1 is 1.17 bits per heavy atom. The first-order valence-electron chi connectivity index (χ1n) is 7.33. The van der Waals surface area contributed by atoms with Crippen molar-refractivity contribution >= 4 is 5.91 Å². The monoisotopic (exact) mass is 252 g/mol. The number of carbonyl (C=O) groups is 1. The first-order chi connectivity index (χ1) is 8.70. The molecule has 3 aliphatic rings. The molecule has 1 spiro atoms. The van der Waals surface area contributed by atoms with Crippen molar-refractivity contribution in [1.29, 1.82) is 0 Å². The van der Waals surface area contributed by atoms with Crippen molar-refractivity contribution in [2.45, 2.75) is 50.2 Å². The normalized spacial score (nSPS) is 32.3. The van der Waals surface area contributed by atoms with Gasteiger partial charge < -0.3 is 9.64 Å². The molecule has 0 saturated carbocycles. The summed E-state index contributed by atoms with van der Waals surface area (Å²) in [5.41, 5.74) is 0.123. The number of likely N-dealkylation sites (N-methyl/N-ethyl adjacent to an activating group) is 1. The van der Waals surface area contributed by atoms with E-state index in [0.717, 1.165) is 51.9 Å². The maximum atomic E-state index is 12.5. The average molecular weight is 252 g/mol. The average Bonchev–Trinajstić information content (AvgIpc) is 2.99. The fourth-order valence-electron chi connectivity index (χ4n) is 3.72. The van der Waals surface area contributed by atoms with Crippen LogP contribution in [0.15, 0.2) is 0 Å². The van der Waals surface area contributed by atoms with Gasteiger partial charge in [0.25, 0.3) is 0 Å². The molecule has 0 N–H and O–H groups in total. The Bertz CT molecular complexity index is 316. The zero-order valence-corrected chi connectivity index (χ0v) is 11.4. The van der Waals surface area contributed by atoms with E-state index in [0.29, 0.717) is 5.91 Å². The topological polar surface area (TPSA) is 32.8 Å². The van der Waals surface area contributed by atoms with Crippen LogP contribution >= 0.6 is 0 Å². The van der Waals surface area contributed by atoms with Crippen LogP contribution in [-0.2, 0) is 9.53 Å². The van der Waals surface area contributed by atoms with Gasteiger partial charge in [-0.3, -0.25) is 9.69 Å². The van der Waals surface area contributed by atoms with Gasteiger partial charge in [-0.1, -0.05) is 0 Å².